The van der Waals surface area contributed by atoms with E-state index in [9.17, 15) is 4.79 Å². The minimum absolute atomic E-state index is 0.149. The van der Waals surface area contributed by atoms with Crippen molar-refractivity contribution in [1.29, 1.82) is 0 Å². The lowest BCUT2D eigenvalue weighted by atomic mass is 10.2. The molecule has 1 aliphatic rings. The molecule has 3 rings (SSSR count). The number of hydrogen-bond donors (Lipinski definition) is 0. The van der Waals surface area contributed by atoms with Gasteiger partial charge in [-0.3, -0.25) is 4.79 Å². The zero-order chi connectivity index (χ0) is 15.5. The number of likely N-dealkylation sites (tertiary alicyclic amines) is 1. The molecule has 0 unspecified atom stereocenters. The number of thiophene rings is 1. The van der Waals surface area contributed by atoms with Crippen molar-refractivity contribution in [3.05, 3.63) is 50.7 Å². The van der Waals surface area contributed by atoms with Crippen molar-refractivity contribution >= 4 is 28.8 Å². The number of halogens is 1. The Bertz CT molecular complexity index is 677. The third kappa shape index (κ3) is 3.45. The molecule has 0 atom stereocenters. The zero-order valence-electron chi connectivity index (χ0n) is 12.5. The van der Waals surface area contributed by atoms with Crippen LogP contribution in [0.4, 0.5) is 0 Å². The summed E-state index contributed by atoms with van der Waals surface area (Å²) in [5.74, 6) is 0.941. The lowest BCUT2D eigenvalue weighted by Gasteiger charge is -2.13. The first-order valence-electron chi connectivity index (χ1n) is 7.39. The summed E-state index contributed by atoms with van der Waals surface area (Å²) in [5.41, 5.74) is 2.02. The van der Waals surface area contributed by atoms with Crippen LogP contribution in [0.15, 0.2) is 29.6 Å². The highest BCUT2D eigenvalue weighted by Crippen LogP contribution is 2.24. The second kappa shape index (κ2) is 6.71. The molecule has 22 heavy (non-hydrogen) atoms. The van der Waals surface area contributed by atoms with E-state index in [2.05, 4.69) is 0 Å². The first-order chi connectivity index (χ1) is 10.6. The third-order valence-corrected chi connectivity index (χ3v) is 5.18. The number of ether oxygens (including phenoxy) is 1. The van der Waals surface area contributed by atoms with Gasteiger partial charge in [0, 0.05) is 23.7 Å². The van der Waals surface area contributed by atoms with E-state index in [1.165, 1.54) is 11.3 Å². The van der Waals surface area contributed by atoms with Crippen LogP contribution in [-0.4, -0.2) is 23.9 Å². The van der Waals surface area contributed by atoms with Crippen LogP contribution in [0.25, 0.3) is 0 Å². The predicted molar refractivity (Wildman–Crippen MR) is 90.0 cm³/mol. The molecule has 2 heterocycles. The third-order valence-electron chi connectivity index (χ3n) is 3.79. The van der Waals surface area contributed by atoms with Gasteiger partial charge in [-0.15, -0.1) is 11.3 Å². The molecular weight excluding hydrogens is 318 g/mol. The van der Waals surface area contributed by atoms with Crippen molar-refractivity contribution < 1.29 is 9.53 Å². The van der Waals surface area contributed by atoms with Crippen molar-refractivity contribution in [3.63, 3.8) is 0 Å². The van der Waals surface area contributed by atoms with Gasteiger partial charge < -0.3 is 9.64 Å². The van der Waals surface area contributed by atoms with E-state index < -0.39 is 0 Å². The molecule has 1 aliphatic heterocycles. The highest BCUT2D eigenvalue weighted by Gasteiger charge is 2.20. The van der Waals surface area contributed by atoms with E-state index in [0.717, 1.165) is 52.7 Å². The Balaban J connectivity index is 1.61. The number of benzene rings is 1. The van der Waals surface area contributed by atoms with Gasteiger partial charge in [0.05, 0.1) is 4.88 Å². The smallest absolute Gasteiger partial charge is 0.263 e. The maximum absolute atomic E-state index is 12.3. The van der Waals surface area contributed by atoms with Gasteiger partial charge in [0.1, 0.15) is 12.4 Å². The maximum atomic E-state index is 12.3. The first-order valence-corrected chi connectivity index (χ1v) is 8.65. The number of aryl methyl sites for hydroxylation is 1. The van der Waals surface area contributed by atoms with Gasteiger partial charge in [-0.1, -0.05) is 11.6 Å². The predicted octanol–water partition coefficient (Wildman–Crippen LogP) is 4.52. The SMILES string of the molecule is Cc1cc(OCc2csc(C(=O)N3CCCC3)c2)ccc1Cl. The van der Waals surface area contributed by atoms with Crippen LogP contribution in [0.2, 0.25) is 5.02 Å². The van der Waals surface area contributed by atoms with Crippen LogP contribution in [0, 0.1) is 6.92 Å². The molecule has 0 spiro atoms. The summed E-state index contributed by atoms with van der Waals surface area (Å²) in [4.78, 5) is 15.0. The van der Waals surface area contributed by atoms with E-state index in [0.29, 0.717) is 6.61 Å². The zero-order valence-corrected chi connectivity index (χ0v) is 14.0. The molecule has 1 aromatic carbocycles. The molecule has 3 nitrogen and oxygen atoms in total. The fourth-order valence-corrected chi connectivity index (χ4v) is 3.49. The number of rotatable bonds is 4. The molecular formula is C17H18ClNO2S. The van der Waals surface area contributed by atoms with E-state index in [4.69, 9.17) is 16.3 Å². The summed E-state index contributed by atoms with van der Waals surface area (Å²) in [6, 6.07) is 7.55. The Labute approximate surface area is 139 Å². The van der Waals surface area contributed by atoms with Crippen LogP contribution in [0.1, 0.15) is 33.6 Å². The van der Waals surface area contributed by atoms with Crippen molar-refractivity contribution in [2.24, 2.45) is 0 Å². The van der Waals surface area contributed by atoms with Crippen LogP contribution < -0.4 is 4.74 Å². The van der Waals surface area contributed by atoms with Gasteiger partial charge in [0.2, 0.25) is 0 Å². The summed E-state index contributed by atoms with van der Waals surface area (Å²) in [6.45, 7) is 4.18. The minimum atomic E-state index is 0.149. The molecule has 0 aliphatic carbocycles. The van der Waals surface area contributed by atoms with Crippen LogP contribution in [-0.2, 0) is 6.61 Å². The van der Waals surface area contributed by atoms with Gasteiger partial charge in [-0.25, -0.2) is 0 Å². The van der Waals surface area contributed by atoms with Gasteiger partial charge in [0.25, 0.3) is 5.91 Å². The Morgan fingerprint density at radius 3 is 2.82 bits per heavy atom. The van der Waals surface area contributed by atoms with Crippen LogP contribution in [0.5, 0.6) is 5.75 Å². The van der Waals surface area contributed by atoms with Crippen molar-refractivity contribution in [1.82, 2.24) is 4.90 Å². The summed E-state index contributed by atoms with van der Waals surface area (Å²) in [5, 5.41) is 2.73. The highest BCUT2D eigenvalue weighted by atomic mass is 35.5. The summed E-state index contributed by atoms with van der Waals surface area (Å²) in [6.07, 6.45) is 2.23. The van der Waals surface area contributed by atoms with Gasteiger partial charge >= 0.3 is 0 Å². The molecule has 1 amide bonds. The Morgan fingerprint density at radius 2 is 2.09 bits per heavy atom. The standard InChI is InChI=1S/C17H18ClNO2S/c1-12-8-14(4-5-15(12)18)21-10-13-9-16(22-11-13)17(20)19-6-2-3-7-19/h4-5,8-9,11H,2-3,6-7,10H2,1H3. The molecule has 0 saturated carbocycles. The lowest BCUT2D eigenvalue weighted by Crippen LogP contribution is -2.26. The number of carbonyl (C=O) groups excluding carboxylic acids is 1. The van der Waals surface area contributed by atoms with Crippen molar-refractivity contribution in [2.75, 3.05) is 13.1 Å². The Morgan fingerprint density at radius 1 is 1.32 bits per heavy atom. The van der Waals surface area contributed by atoms with Crippen LogP contribution >= 0.6 is 22.9 Å². The topological polar surface area (TPSA) is 29.5 Å². The van der Waals surface area contributed by atoms with Crippen LogP contribution in [0.3, 0.4) is 0 Å². The Kier molecular flexibility index (Phi) is 4.69. The average molecular weight is 336 g/mol. The molecule has 1 fully saturated rings. The minimum Gasteiger partial charge on any atom is -0.489 e. The van der Waals surface area contributed by atoms with Gasteiger partial charge in [-0.2, -0.15) is 0 Å². The van der Waals surface area contributed by atoms with Crippen molar-refractivity contribution in [2.45, 2.75) is 26.4 Å². The molecule has 0 N–H and O–H groups in total. The normalized spacial score (nSPS) is 14.4. The summed E-state index contributed by atoms with van der Waals surface area (Å²) >= 11 is 7.50. The Hall–Kier alpha value is -1.52. The molecule has 2 aromatic rings. The summed E-state index contributed by atoms with van der Waals surface area (Å²) < 4.78 is 5.77. The quantitative estimate of drug-likeness (QED) is 0.821. The maximum Gasteiger partial charge on any atom is 0.263 e. The highest BCUT2D eigenvalue weighted by molar-refractivity contribution is 7.12. The van der Waals surface area contributed by atoms with E-state index in [-0.39, 0.29) is 5.91 Å². The average Bonchev–Trinajstić information content (AvgIpc) is 3.19. The molecule has 0 radical (unpaired) electrons. The molecule has 5 heteroatoms. The van der Waals surface area contributed by atoms with E-state index in [1.54, 1.807) is 0 Å². The lowest BCUT2D eigenvalue weighted by molar-refractivity contribution is 0.0797. The fourth-order valence-electron chi connectivity index (χ4n) is 2.51. The van der Waals surface area contributed by atoms with Gasteiger partial charge in [0.15, 0.2) is 0 Å². The van der Waals surface area contributed by atoms with E-state index in [1.807, 2.05) is 41.5 Å². The van der Waals surface area contributed by atoms with E-state index >= 15 is 0 Å². The monoisotopic (exact) mass is 335 g/mol. The number of amides is 1. The fraction of sp³-hybridized carbons (Fsp3) is 0.353. The summed E-state index contributed by atoms with van der Waals surface area (Å²) in [7, 11) is 0. The first kappa shape index (κ1) is 15.4. The molecule has 116 valence electrons. The second-order valence-electron chi connectivity index (χ2n) is 5.52. The van der Waals surface area contributed by atoms with Gasteiger partial charge in [-0.05, 0) is 55.0 Å². The van der Waals surface area contributed by atoms with Crippen molar-refractivity contribution in [3.8, 4) is 5.75 Å². The number of carbonyl (C=O) groups is 1. The molecule has 1 saturated heterocycles. The largest absolute Gasteiger partial charge is 0.489 e. The number of nitrogens with zero attached hydrogens (tertiary/aromatic N) is 1. The molecule has 0 bridgehead atoms. The number of hydrogen-bond acceptors (Lipinski definition) is 3. The molecule has 1 aromatic heterocycles. The second-order valence-corrected chi connectivity index (χ2v) is 6.84.